The van der Waals surface area contributed by atoms with E-state index in [1.165, 1.54) is 7.11 Å². The van der Waals surface area contributed by atoms with Crippen molar-refractivity contribution in [2.45, 2.75) is 65.9 Å². The van der Waals surface area contributed by atoms with Crippen LogP contribution in [0.1, 0.15) is 60.3 Å². The van der Waals surface area contributed by atoms with Crippen LogP contribution in [-0.2, 0) is 14.5 Å². The Balaban J connectivity index is 4.68. The Morgan fingerprint density at radius 3 is 2.33 bits per heavy atom. The monoisotopic (exact) mass is 301 g/mol. The van der Waals surface area contributed by atoms with Crippen LogP contribution in [0.25, 0.3) is 0 Å². The number of carbonyl (C=O) groups excluding carboxylic acids is 1. The van der Waals surface area contributed by atoms with Gasteiger partial charge in [-0.2, -0.15) is 0 Å². The summed E-state index contributed by atoms with van der Waals surface area (Å²) < 4.78 is 5.50. The minimum Gasteiger partial charge on any atom is -0.443 e. The van der Waals surface area contributed by atoms with Crippen LogP contribution < -0.4 is 0 Å². The molecule has 0 aromatic rings. The summed E-state index contributed by atoms with van der Waals surface area (Å²) in [5.41, 5.74) is 0.527. The van der Waals surface area contributed by atoms with Gasteiger partial charge in [0.05, 0.1) is 13.7 Å². The summed E-state index contributed by atoms with van der Waals surface area (Å²) in [6.45, 7) is 10.9. The van der Waals surface area contributed by atoms with Crippen LogP contribution in [0.15, 0.2) is 11.8 Å². The van der Waals surface area contributed by atoms with Gasteiger partial charge in [-0.25, -0.2) is 14.6 Å². The van der Waals surface area contributed by atoms with Crippen molar-refractivity contribution in [3.05, 3.63) is 11.8 Å². The molecule has 0 atom stereocenters. The van der Waals surface area contributed by atoms with E-state index >= 15 is 0 Å². The van der Waals surface area contributed by atoms with Crippen molar-refractivity contribution >= 4 is 6.09 Å². The van der Waals surface area contributed by atoms with Gasteiger partial charge >= 0.3 is 6.09 Å². The highest BCUT2D eigenvalue weighted by molar-refractivity contribution is 5.70. The molecule has 0 aromatic heterocycles. The fourth-order valence-corrected chi connectivity index (χ4v) is 1.86. The van der Waals surface area contributed by atoms with Gasteiger partial charge in [-0.15, -0.1) is 0 Å². The summed E-state index contributed by atoms with van der Waals surface area (Å²) in [7, 11) is 1.49. The van der Waals surface area contributed by atoms with Crippen LogP contribution in [0.3, 0.4) is 0 Å². The second kappa shape index (κ2) is 10.6. The van der Waals surface area contributed by atoms with E-state index in [1.54, 1.807) is 4.90 Å². The number of carbonyl (C=O) groups is 1. The molecule has 0 heterocycles. The second-order valence-corrected chi connectivity index (χ2v) is 5.78. The lowest BCUT2D eigenvalue weighted by Gasteiger charge is -2.29. The molecule has 0 fully saturated rings. The number of hydrogen-bond donors (Lipinski definition) is 0. The van der Waals surface area contributed by atoms with Gasteiger partial charge in [-0.3, -0.25) is 4.90 Å². The first kappa shape index (κ1) is 19.9. The average Bonchev–Trinajstić information content (AvgIpc) is 2.39. The topological polar surface area (TPSA) is 48.0 Å². The van der Waals surface area contributed by atoms with Crippen LogP contribution in [0, 0.1) is 0 Å². The highest BCUT2D eigenvalue weighted by Crippen LogP contribution is 2.17. The van der Waals surface area contributed by atoms with Gasteiger partial charge in [0.1, 0.15) is 5.60 Å². The summed E-state index contributed by atoms with van der Waals surface area (Å²) in [6, 6.07) is 0. The molecule has 0 spiro atoms. The van der Waals surface area contributed by atoms with E-state index in [0.717, 1.165) is 31.4 Å². The highest BCUT2D eigenvalue weighted by atomic mass is 17.2. The molecule has 0 saturated carbocycles. The van der Waals surface area contributed by atoms with Crippen LogP contribution in [-0.4, -0.2) is 36.9 Å². The highest BCUT2D eigenvalue weighted by Gasteiger charge is 2.23. The maximum absolute atomic E-state index is 12.4. The zero-order valence-electron chi connectivity index (χ0n) is 14.4. The lowest BCUT2D eigenvalue weighted by Crippen LogP contribution is -2.37. The first-order valence-electron chi connectivity index (χ1n) is 7.70. The number of ether oxygens (including phenoxy) is 1. The quantitative estimate of drug-likeness (QED) is 0.362. The van der Waals surface area contributed by atoms with Gasteiger partial charge in [-0.1, -0.05) is 19.9 Å². The van der Waals surface area contributed by atoms with E-state index in [-0.39, 0.29) is 6.09 Å². The lowest BCUT2D eigenvalue weighted by atomic mass is 10.2. The molecule has 0 bridgehead atoms. The smallest absolute Gasteiger partial charge is 0.414 e. The molecule has 1 amide bonds. The van der Waals surface area contributed by atoms with E-state index in [1.807, 2.05) is 27.7 Å². The van der Waals surface area contributed by atoms with Gasteiger partial charge in [0.25, 0.3) is 0 Å². The average molecular weight is 301 g/mol. The fraction of sp³-hybridized carbons (Fsp3) is 0.812. The predicted molar refractivity (Wildman–Crippen MR) is 83.8 cm³/mol. The summed E-state index contributed by atoms with van der Waals surface area (Å²) in [6.07, 6.45) is 5.17. The molecule has 0 saturated heterocycles. The van der Waals surface area contributed by atoms with Crippen molar-refractivity contribution in [3.63, 3.8) is 0 Å². The van der Waals surface area contributed by atoms with E-state index in [4.69, 9.17) is 9.62 Å². The summed E-state index contributed by atoms with van der Waals surface area (Å²) in [5.74, 6) is 0. The van der Waals surface area contributed by atoms with Gasteiger partial charge in [0.15, 0.2) is 0 Å². The standard InChI is InChI=1S/C16H31NO4/c1-7-11-14(8-2)17(12-9-10-13-20-19-6)15(18)21-16(3,4)5/h11H,7-10,12-13H2,1-6H3/b14-11+. The lowest BCUT2D eigenvalue weighted by molar-refractivity contribution is -0.272. The number of amides is 1. The third-order valence-corrected chi connectivity index (χ3v) is 2.74. The van der Waals surface area contributed by atoms with Crippen LogP contribution in [0.4, 0.5) is 4.79 Å². The van der Waals surface area contributed by atoms with Gasteiger partial charge in [-0.05, 0) is 46.5 Å². The number of nitrogens with zero attached hydrogens (tertiary/aromatic N) is 1. The van der Waals surface area contributed by atoms with Crippen molar-refractivity contribution in [3.8, 4) is 0 Å². The van der Waals surface area contributed by atoms with Crippen molar-refractivity contribution < 1.29 is 19.3 Å². The fourth-order valence-electron chi connectivity index (χ4n) is 1.86. The molecule has 0 unspecified atom stereocenters. The Labute approximate surface area is 129 Å². The Hall–Kier alpha value is -1.07. The van der Waals surface area contributed by atoms with E-state index < -0.39 is 5.60 Å². The number of unbranched alkanes of at least 4 members (excludes halogenated alkanes) is 1. The maximum atomic E-state index is 12.4. The molecule has 0 aliphatic carbocycles. The molecule has 0 rings (SSSR count). The molecule has 21 heavy (non-hydrogen) atoms. The molecule has 0 aliphatic rings. The van der Waals surface area contributed by atoms with Gasteiger partial charge in [0.2, 0.25) is 0 Å². The number of hydrogen-bond acceptors (Lipinski definition) is 4. The van der Waals surface area contributed by atoms with E-state index in [2.05, 4.69) is 17.9 Å². The molecule has 5 nitrogen and oxygen atoms in total. The maximum Gasteiger partial charge on any atom is 0.414 e. The first-order valence-corrected chi connectivity index (χ1v) is 7.70. The Morgan fingerprint density at radius 2 is 1.86 bits per heavy atom. The molecule has 0 N–H and O–H groups in total. The number of allylic oxidation sites excluding steroid dienone is 2. The van der Waals surface area contributed by atoms with Crippen molar-refractivity contribution in [1.82, 2.24) is 4.90 Å². The van der Waals surface area contributed by atoms with Gasteiger partial charge < -0.3 is 4.74 Å². The summed E-state index contributed by atoms with van der Waals surface area (Å²) in [4.78, 5) is 23.5. The largest absolute Gasteiger partial charge is 0.443 e. The van der Waals surface area contributed by atoms with Crippen LogP contribution in [0.5, 0.6) is 0 Å². The third-order valence-electron chi connectivity index (χ3n) is 2.74. The summed E-state index contributed by atoms with van der Waals surface area (Å²) in [5, 5.41) is 0. The normalized spacial score (nSPS) is 12.4. The Bertz CT molecular complexity index is 321. The van der Waals surface area contributed by atoms with Crippen molar-refractivity contribution in [1.29, 1.82) is 0 Å². The van der Waals surface area contributed by atoms with Crippen molar-refractivity contribution in [2.75, 3.05) is 20.3 Å². The zero-order chi connectivity index (χ0) is 16.3. The predicted octanol–water partition coefficient (Wildman–Crippen LogP) is 4.29. The van der Waals surface area contributed by atoms with Crippen LogP contribution >= 0.6 is 0 Å². The Kier molecular flexibility index (Phi) is 10.1. The molecule has 0 radical (unpaired) electrons. The molecular weight excluding hydrogens is 270 g/mol. The van der Waals surface area contributed by atoms with E-state index in [0.29, 0.717) is 13.2 Å². The molecule has 124 valence electrons. The second-order valence-electron chi connectivity index (χ2n) is 5.78. The minimum atomic E-state index is -0.487. The summed E-state index contributed by atoms with van der Waals surface area (Å²) >= 11 is 0. The van der Waals surface area contributed by atoms with Crippen molar-refractivity contribution in [2.24, 2.45) is 0 Å². The third kappa shape index (κ3) is 9.47. The minimum absolute atomic E-state index is 0.281. The Morgan fingerprint density at radius 1 is 1.19 bits per heavy atom. The zero-order valence-corrected chi connectivity index (χ0v) is 14.4. The van der Waals surface area contributed by atoms with E-state index in [9.17, 15) is 4.79 Å². The molecular formula is C16H31NO4. The molecule has 5 heteroatoms. The molecule has 0 aliphatic heterocycles. The first-order chi connectivity index (χ1) is 9.85. The van der Waals surface area contributed by atoms with Gasteiger partial charge in [0, 0.05) is 12.2 Å². The SMILES string of the molecule is CC/C=C(\CC)N(CCCCOOC)C(=O)OC(C)(C)C. The molecule has 0 aromatic carbocycles. The number of rotatable bonds is 9. The van der Waals surface area contributed by atoms with Crippen LogP contribution in [0.2, 0.25) is 0 Å².